The molecule has 2 aromatic rings. The van der Waals surface area contributed by atoms with Crippen LogP contribution in [0.2, 0.25) is 5.02 Å². The highest BCUT2D eigenvalue weighted by Gasteiger charge is 2.19. The molecule has 1 aliphatic heterocycles. The third-order valence-electron chi connectivity index (χ3n) is 3.63. The number of hydrogen-bond donors (Lipinski definition) is 1. The molecule has 0 fully saturated rings. The van der Waals surface area contributed by atoms with Crippen molar-refractivity contribution in [3.63, 3.8) is 0 Å². The Morgan fingerprint density at radius 1 is 1.43 bits per heavy atom. The van der Waals surface area contributed by atoms with Crippen molar-refractivity contribution in [2.45, 2.75) is 24.7 Å². The number of aromatic hydroxyl groups is 1. The maximum atomic E-state index is 9.67. The zero-order valence-electron chi connectivity index (χ0n) is 11.7. The maximum absolute atomic E-state index is 9.67. The van der Waals surface area contributed by atoms with E-state index in [0.717, 1.165) is 42.5 Å². The minimum Gasteiger partial charge on any atom is -0.506 e. The molecule has 0 aliphatic carbocycles. The van der Waals surface area contributed by atoms with Crippen LogP contribution in [0.15, 0.2) is 29.6 Å². The van der Waals surface area contributed by atoms with Crippen molar-refractivity contribution in [3.05, 3.63) is 46.2 Å². The number of rotatable bonds is 3. The highest BCUT2D eigenvalue weighted by molar-refractivity contribution is 7.98. The molecule has 3 rings (SSSR count). The number of benzene rings is 1. The fourth-order valence-electron chi connectivity index (χ4n) is 2.52. The van der Waals surface area contributed by atoms with Gasteiger partial charge in [-0.15, -0.1) is 0 Å². The van der Waals surface area contributed by atoms with E-state index in [1.807, 2.05) is 24.6 Å². The molecule has 0 radical (unpaired) electrons. The van der Waals surface area contributed by atoms with Gasteiger partial charge in [0.15, 0.2) is 5.16 Å². The predicted octanol–water partition coefficient (Wildman–Crippen LogP) is 3.12. The smallest absolute Gasteiger partial charge is 0.187 e. The summed E-state index contributed by atoms with van der Waals surface area (Å²) in [6.45, 7) is 2.47. The van der Waals surface area contributed by atoms with Crippen molar-refractivity contribution in [3.8, 4) is 5.75 Å². The normalized spacial score (nSPS) is 15.0. The number of nitrogens with zero attached hydrogens (tertiary/aromatic N) is 3. The molecule has 0 bridgehead atoms. The summed E-state index contributed by atoms with van der Waals surface area (Å²) in [5, 5.41) is 10.9. The van der Waals surface area contributed by atoms with Crippen LogP contribution < -0.4 is 0 Å². The molecule has 1 N–H and O–H groups in total. The standard InChI is InChI=1S/C15H16ClN3OS/c1-21-15-17-7-11-9-19(6-5-12(11)18-15)8-10-3-2-4-13(20)14(10)16/h2-4,7,20H,5-6,8-9H2,1H3. The zero-order valence-corrected chi connectivity index (χ0v) is 13.3. The van der Waals surface area contributed by atoms with E-state index in [9.17, 15) is 5.11 Å². The first-order chi connectivity index (χ1) is 10.2. The number of halogens is 1. The van der Waals surface area contributed by atoms with Gasteiger partial charge < -0.3 is 5.11 Å². The van der Waals surface area contributed by atoms with Gasteiger partial charge in [-0.2, -0.15) is 0 Å². The van der Waals surface area contributed by atoms with Crippen LogP contribution in [0.1, 0.15) is 16.8 Å². The summed E-state index contributed by atoms with van der Waals surface area (Å²) in [4.78, 5) is 11.2. The predicted molar refractivity (Wildman–Crippen MR) is 84.7 cm³/mol. The van der Waals surface area contributed by atoms with Crippen LogP contribution in [0, 0.1) is 0 Å². The summed E-state index contributed by atoms with van der Waals surface area (Å²) in [6, 6.07) is 5.38. The first-order valence-corrected chi connectivity index (χ1v) is 8.35. The van der Waals surface area contributed by atoms with Gasteiger partial charge in [0.25, 0.3) is 0 Å². The van der Waals surface area contributed by atoms with Crippen LogP contribution in [0.4, 0.5) is 0 Å². The van der Waals surface area contributed by atoms with Gasteiger partial charge in [0.05, 0.1) is 10.7 Å². The van der Waals surface area contributed by atoms with E-state index < -0.39 is 0 Å². The van der Waals surface area contributed by atoms with Crippen molar-refractivity contribution < 1.29 is 5.11 Å². The highest BCUT2D eigenvalue weighted by atomic mass is 35.5. The van der Waals surface area contributed by atoms with E-state index in [4.69, 9.17) is 11.6 Å². The number of fused-ring (bicyclic) bond motifs is 1. The van der Waals surface area contributed by atoms with Crippen LogP contribution >= 0.6 is 23.4 Å². The van der Waals surface area contributed by atoms with Gasteiger partial charge in [0, 0.05) is 37.8 Å². The Morgan fingerprint density at radius 2 is 2.29 bits per heavy atom. The fourth-order valence-corrected chi connectivity index (χ4v) is 3.06. The molecule has 21 heavy (non-hydrogen) atoms. The second kappa shape index (κ2) is 6.22. The summed E-state index contributed by atoms with van der Waals surface area (Å²) < 4.78 is 0. The van der Waals surface area contributed by atoms with Gasteiger partial charge in [0.2, 0.25) is 0 Å². The van der Waals surface area contributed by atoms with Crippen LogP contribution in [0.25, 0.3) is 0 Å². The quantitative estimate of drug-likeness (QED) is 0.695. The minimum absolute atomic E-state index is 0.138. The topological polar surface area (TPSA) is 49.2 Å². The molecule has 0 atom stereocenters. The van der Waals surface area contributed by atoms with Crippen molar-refractivity contribution >= 4 is 23.4 Å². The Balaban J connectivity index is 1.76. The third kappa shape index (κ3) is 3.15. The van der Waals surface area contributed by atoms with E-state index in [1.54, 1.807) is 17.8 Å². The number of thioether (sulfide) groups is 1. The highest BCUT2D eigenvalue weighted by Crippen LogP contribution is 2.29. The van der Waals surface area contributed by atoms with E-state index >= 15 is 0 Å². The number of aromatic nitrogens is 2. The molecule has 110 valence electrons. The average Bonchev–Trinajstić information content (AvgIpc) is 2.51. The molecule has 1 aromatic heterocycles. The summed E-state index contributed by atoms with van der Waals surface area (Å²) in [5.74, 6) is 0.138. The van der Waals surface area contributed by atoms with Crippen LogP contribution in [-0.2, 0) is 19.5 Å². The van der Waals surface area contributed by atoms with E-state index in [1.165, 1.54) is 5.56 Å². The molecule has 1 aromatic carbocycles. The monoisotopic (exact) mass is 321 g/mol. The molecule has 6 heteroatoms. The fraction of sp³-hybridized carbons (Fsp3) is 0.333. The van der Waals surface area contributed by atoms with E-state index in [2.05, 4.69) is 14.9 Å². The zero-order chi connectivity index (χ0) is 14.8. The molecule has 0 unspecified atom stereocenters. The van der Waals surface area contributed by atoms with Crippen molar-refractivity contribution in [2.75, 3.05) is 12.8 Å². The molecule has 1 aliphatic rings. The summed E-state index contributed by atoms with van der Waals surface area (Å²) in [7, 11) is 0. The first kappa shape index (κ1) is 14.6. The van der Waals surface area contributed by atoms with Crippen LogP contribution in [-0.4, -0.2) is 32.8 Å². The van der Waals surface area contributed by atoms with Gasteiger partial charge in [0.1, 0.15) is 5.75 Å². The molecule has 4 nitrogen and oxygen atoms in total. The summed E-state index contributed by atoms with van der Waals surface area (Å²) in [5.41, 5.74) is 3.27. The Kier molecular flexibility index (Phi) is 4.33. The third-order valence-corrected chi connectivity index (χ3v) is 4.62. The lowest BCUT2D eigenvalue weighted by molar-refractivity contribution is 0.242. The number of phenolic OH excluding ortho intramolecular Hbond substituents is 1. The van der Waals surface area contributed by atoms with Crippen molar-refractivity contribution in [2.24, 2.45) is 0 Å². The Hall–Kier alpha value is -1.30. The Labute approximate surface area is 133 Å². The number of phenols is 1. The van der Waals surface area contributed by atoms with Gasteiger partial charge in [-0.3, -0.25) is 4.90 Å². The lowest BCUT2D eigenvalue weighted by atomic mass is 10.1. The first-order valence-electron chi connectivity index (χ1n) is 6.75. The SMILES string of the molecule is CSc1ncc2c(n1)CCN(Cc1cccc(O)c1Cl)C2. The molecule has 0 saturated heterocycles. The van der Waals surface area contributed by atoms with Crippen molar-refractivity contribution in [1.82, 2.24) is 14.9 Å². The molecule has 2 heterocycles. The van der Waals surface area contributed by atoms with Gasteiger partial charge in [-0.25, -0.2) is 9.97 Å². The molecular formula is C15H16ClN3OS. The lowest BCUT2D eigenvalue weighted by Gasteiger charge is -2.28. The summed E-state index contributed by atoms with van der Waals surface area (Å²) in [6.07, 6.45) is 4.83. The lowest BCUT2D eigenvalue weighted by Crippen LogP contribution is -2.31. The van der Waals surface area contributed by atoms with Crippen LogP contribution in [0.5, 0.6) is 5.75 Å². The van der Waals surface area contributed by atoms with Gasteiger partial charge >= 0.3 is 0 Å². The Morgan fingerprint density at radius 3 is 3.10 bits per heavy atom. The second-order valence-electron chi connectivity index (χ2n) is 5.04. The maximum Gasteiger partial charge on any atom is 0.187 e. The Bertz CT molecular complexity index is 665. The van der Waals surface area contributed by atoms with E-state index in [-0.39, 0.29) is 5.75 Å². The van der Waals surface area contributed by atoms with Gasteiger partial charge in [-0.1, -0.05) is 35.5 Å². The molecule has 0 amide bonds. The van der Waals surface area contributed by atoms with Gasteiger partial charge in [-0.05, 0) is 17.9 Å². The molecule has 0 spiro atoms. The molecular weight excluding hydrogens is 306 g/mol. The minimum atomic E-state index is 0.138. The largest absolute Gasteiger partial charge is 0.506 e. The van der Waals surface area contributed by atoms with Crippen LogP contribution in [0.3, 0.4) is 0 Å². The molecule has 0 saturated carbocycles. The average molecular weight is 322 g/mol. The summed E-state index contributed by atoms with van der Waals surface area (Å²) >= 11 is 7.72. The second-order valence-corrected chi connectivity index (χ2v) is 6.19. The van der Waals surface area contributed by atoms with Crippen molar-refractivity contribution in [1.29, 1.82) is 0 Å². The number of hydrogen-bond acceptors (Lipinski definition) is 5. The van der Waals surface area contributed by atoms with E-state index in [0.29, 0.717) is 5.02 Å².